The van der Waals surface area contributed by atoms with Gasteiger partial charge in [-0.1, -0.05) is 6.92 Å². The second kappa shape index (κ2) is 5.07. The van der Waals surface area contributed by atoms with Gasteiger partial charge in [0, 0.05) is 23.1 Å². The number of rotatable bonds is 5. The van der Waals surface area contributed by atoms with Gasteiger partial charge in [-0.25, -0.2) is 4.79 Å². The molecule has 1 aromatic heterocycles. The van der Waals surface area contributed by atoms with Gasteiger partial charge in [0.15, 0.2) is 0 Å². The van der Waals surface area contributed by atoms with E-state index in [1.807, 2.05) is 6.92 Å². The molecule has 0 amide bonds. The minimum absolute atomic E-state index is 0.0294. The van der Waals surface area contributed by atoms with Crippen molar-refractivity contribution in [2.24, 2.45) is 5.73 Å². The molecule has 1 atom stereocenters. The highest BCUT2D eigenvalue weighted by Crippen LogP contribution is 2.20. The predicted molar refractivity (Wildman–Crippen MR) is 55.5 cm³/mol. The highest BCUT2D eigenvalue weighted by molar-refractivity contribution is 7.99. The van der Waals surface area contributed by atoms with Gasteiger partial charge in [0.2, 0.25) is 5.76 Å². The molecular formula is C9H13NO3S. The normalized spacial score (nSPS) is 12.7. The topological polar surface area (TPSA) is 76.5 Å². The molecular weight excluding hydrogens is 202 g/mol. The molecule has 0 bridgehead atoms. The van der Waals surface area contributed by atoms with E-state index < -0.39 is 5.97 Å². The molecule has 0 fully saturated rings. The predicted octanol–water partition coefficient (Wildman–Crippen LogP) is 1.56. The first kappa shape index (κ1) is 11.1. The second-order valence-electron chi connectivity index (χ2n) is 2.94. The van der Waals surface area contributed by atoms with Crippen molar-refractivity contribution >= 4 is 17.7 Å². The maximum Gasteiger partial charge on any atom is 0.372 e. The summed E-state index contributed by atoms with van der Waals surface area (Å²) in [5, 5.41) is 9.07. The lowest BCUT2D eigenvalue weighted by Gasteiger charge is -2.06. The highest BCUT2D eigenvalue weighted by Gasteiger charge is 2.14. The van der Waals surface area contributed by atoms with Crippen LogP contribution in [0.1, 0.15) is 23.0 Å². The van der Waals surface area contributed by atoms with Crippen molar-refractivity contribution < 1.29 is 14.3 Å². The maximum atomic E-state index is 10.7. The average molecular weight is 215 g/mol. The molecule has 1 aromatic rings. The van der Waals surface area contributed by atoms with E-state index in [0.29, 0.717) is 23.1 Å². The summed E-state index contributed by atoms with van der Waals surface area (Å²) in [6.07, 6.45) is 1.40. The molecule has 1 rings (SSSR count). The Morgan fingerprint density at radius 2 is 2.50 bits per heavy atom. The van der Waals surface area contributed by atoms with E-state index in [0.717, 1.165) is 0 Å². The van der Waals surface area contributed by atoms with Gasteiger partial charge in [-0.2, -0.15) is 11.8 Å². The van der Waals surface area contributed by atoms with Crippen LogP contribution in [0.4, 0.5) is 0 Å². The van der Waals surface area contributed by atoms with Crippen molar-refractivity contribution in [1.82, 2.24) is 0 Å². The van der Waals surface area contributed by atoms with Crippen molar-refractivity contribution in [3.05, 3.63) is 23.7 Å². The first-order valence-corrected chi connectivity index (χ1v) is 5.31. The number of hydrogen-bond acceptors (Lipinski definition) is 4. The van der Waals surface area contributed by atoms with Crippen LogP contribution in [0.2, 0.25) is 0 Å². The molecule has 0 aliphatic rings. The molecule has 0 saturated heterocycles. The van der Waals surface area contributed by atoms with Gasteiger partial charge in [0.05, 0.1) is 6.26 Å². The van der Waals surface area contributed by atoms with Gasteiger partial charge in [-0.3, -0.25) is 0 Å². The Kier molecular flexibility index (Phi) is 4.03. The minimum atomic E-state index is -1.02. The summed E-state index contributed by atoms with van der Waals surface area (Å²) in [4.78, 5) is 10.7. The van der Waals surface area contributed by atoms with Crippen LogP contribution in [0, 0.1) is 0 Å². The fourth-order valence-corrected chi connectivity index (χ4v) is 1.76. The largest absolute Gasteiger partial charge is 0.475 e. The Balaban J connectivity index is 2.58. The van der Waals surface area contributed by atoms with Gasteiger partial charge < -0.3 is 15.3 Å². The SMILES string of the molecule is CC(CN)SCc1ccoc1C(=O)O. The van der Waals surface area contributed by atoms with E-state index >= 15 is 0 Å². The monoisotopic (exact) mass is 215 g/mol. The number of carboxylic acids is 1. The summed E-state index contributed by atoms with van der Waals surface area (Å²) in [7, 11) is 0. The zero-order valence-electron chi connectivity index (χ0n) is 7.90. The fraction of sp³-hybridized carbons (Fsp3) is 0.444. The standard InChI is InChI=1S/C9H13NO3S/c1-6(4-10)14-5-7-2-3-13-8(7)9(11)12/h2-3,6H,4-5,10H2,1H3,(H,11,12). The lowest BCUT2D eigenvalue weighted by atomic mass is 10.3. The third-order valence-corrected chi connectivity index (χ3v) is 3.04. The molecule has 14 heavy (non-hydrogen) atoms. The van der Waals surface area contributed by atoms with Gasteiger partial charge in [-0.05, 0) is 6.07 Å². The van der Waals surface area contributed by atoms with Crippen molar-refractivity contribution in [1.29, 1.82) is 0 Å². The zero-order valence-corrected chi connectivity index (χ0v) is 8.71. The number of nitrogens with two attached hydrogens (primary N) is 1. The second-order valence-corrected chi connectivity index (χ2v) is 4.36. The van der Waals surface area contributed by atoms with E-state index in [4.69, 9.17) is 15.3 Å². The molecule has 3 N–H and O–H groups in total. The van der Waals surface area contributed by atoms with Crippen LogP contribution in [-0.2, 0) is 5.75 Å². The van der Waals surface area contributed by atoms with Crippen LogP contribution in [0.3, 0.4) is 0 Å². The first-order valence-electron chi connectivity index (χ1n) is 4.26. The van der Waals surface area contributed by atoms with Crippen LogP contribution >= 0.6 is 11.8 Å². The molecule has 0 aliphatic carbocycles. The van der Waals surface area contributed by atoms with Crippen molar-refractivity contribution in [3.63, 3.8) is 0 Å². The molecule has 0 saturated carbocycles. The number of hydrogen-bond donors (Lipinski definition) is 2. The maximum absolute atomic E-state index is 10.7. The third kappa shape index (κ3) is 2.78. The van der Waals surface area contributed by atoms with Crippen molar-refractivity contribution in [2.75, 3.05) is 6.54 Å². The molecule has 0 aliphatic heterocycles. The van der Waals surface area contributed by atoms with E-state index in [9.17, 15) is 4.79 Å². The summed E-state index contributed by atoms with van der Waals surface area (Å²) < 4.78 is 4.85. The van der Waals surface area contributed by atoms with Crippen LogP contribution in [0.5, 0.6) is 0 Å². The van der Waals surface area contributed by atoms with E-state index in [1.54, 1.807) is 17.8 Å². The summed E-state index contributed by atoms with van der Waals surface area (Å²) in [5.41, 5.74) is 6.16. The summed E-state index contributed by atoms with van der Waals surface area (Å²) in [6, 6.07) is 1.68. The first-order chi connectivity index (χ1) is 6.65. The number of carboxylic acid groups (broad SMARTS) is 1. The van der Waals surface area contributed by atoms with E-state index in [2.05, 4.69) is 0 Å². The van der Waals surface area contributed by atoms with E-state index in [-0.39, 0.29) is 5.76 Å². The Morgan fingerprint density at radius 1 is 1.79 bits per heavy atom. The molecule has 0 spiro atoms. The quantitative estimate of drug-likeness (QED) is 0.779. The summed E-state index contributed by atoms with van der Waals surface area (Å²) in [5.74, 6) is -0.371. The zero-order chi connectivity index (χ0) is 10.6. The number of thioether (sulfide) groups is 1. The smallest absolute Gasteiger partial charge is 0.372 e. The Labute approximate surface area is 86.5 Å². The Morgan fingerprint density at radius 3 is 3.07 bits per heavy atom. The van der Waals surface area contributed by atoms with Crippen LogP contribution in [0.15, 0.2) is 16.7 Å². The molecule has 78 valence electrons. The lowest BCUT2D eigenvalue weighted by molar-refractivity contribution is 0.0661. The van der Waals surface area contributed by atoms with E-state index in [1.165, 1.54) is 6.26 Å². The van der Waals surface area contributed by atoms with Crippen molar-refractivity contribution in [2.45, 2.75) is 17.9 Å². The number of carbonyl (C=O) groups is 1. The highest BCUT2D eigenvalue weighted by atomic mass is 32.2. The molecule has 1 heterocycles. The van der Waals surface area contributed by atoms with Gasteiger partial charge >= 0.3 is 5.97 Å². The van der Waals surface area contributed by atoms with Crippen molar-refractivity contribution in [3.8, 4) is 0 Å². The third-order valence-electron chi connectivity index (χ3n) is 1.80. The molecule has 0 radical (unpaired) electrons. The molecule has 0 aromatic carbocycles. The minimum Gasteiger partial charge on any atom is -0.475 e. The summed E-state index contributed by atoms with van der Waals surface area (Å²) >= 11 is 1.62. The fourth-order valence-electron chi connectivity index (χ4n) is 0.937. The Bertz CT molecular complexity index is 311. The Hall–Kier alpha value is -0.940. The van der Waals surface area contributed by atoms with Crippen LogP contribution in [0.25, 0.3) is 0 Å². The molecule has 1 unspecified atom stereocenters. The molecule has 5 heteroatoms. The summed E-state index contributed by atoms with van der Waals surface area (Å²) in [6.45, 7) is 2.59. The average Bonchev–Trinajstić information content (AvgIpc) is 2.62. The lowest BCUT2D eigenvalue weighted by Crippen LogP contribution is -2.12. The number of aromatic carboxylic acids is 1. The van der Waals surface area contributed by atoms with Gasteiger partial charge in [0.25, 0.3) is 0 Å². The van der Waals surface area contributed by atoms with Crippen LogP contribution < -0.4 is 5.73 Å². The number of furan rings is 1. The van der Waals surface area contributed by atoms with Gasteiger partial charge in [0.1, 0.15) is 0 Å². The van der Waals surface area contributed by atoms with Gasteiger partial charge in [-0.15, -0.1) is 0 Å². The van der Waals surface area contributed by atoms with Crippen LogP contribution in [-0.4, -0.2) is 22.9 Å². The molecule has 4 nitrogen and oxygen atoms in total.